The Balaban J connectivity index is 2.78. The number of hydrogen-bond donors (Lipinski definition) is 1. The van der Waals surface area contributed by atoms with E-state index in [9.17, 15) is 22.8 Å². The zero-order valence-electron chi connectivity index (χ0n) is 14.7. The molecule has 26 heavy (non-hydrogen) atoms. The first-order chi connectivity index (χ1) is 12.1. The fraction of sp³-hybridized carbons (Fsp3) is 0.471. The van der Waals surface area contributed by atoms with Crippen molar-refractivity contribution in [3.63, 3.8) is 0 Å². The molecular formula is C17H20F3N3O3. The monoisotopic (exact) mass is 371 g/mol. The number of nitriles is 1. The first-order valence-electron chi connectivity index (χ1n) is 7.88. The summed E-state index contributed by atoms with van der Waals surface area (Å²) < 4.78 is 42.6. The highest BCUT2D eigenvalue weighted by molar-refractivity contribution is 5.99. The maximum Gasteiger partial charge on any atom is 0.405 e. The number of nitrogens with one attached hydrogen (secondary N) is 1. The standard InChI is InChI=1S/C17H20F3N3O3/c1-4-5-23-11(2)6-13(12(23)3)7-14(8-21)16(25)26-9-15(24)22-10-17(18,19)20/h6-7H,4-5,9-10H2,1-3H3,(H,22,24). The molecule has 0 radical (unpaired) electrons. The summed E-state index contributed by atoms with van der Waals surface area (Å²) in [4.78, 5) is 23.1. The number of aryl methyl sites for hydroxylation is 1. The second-order valence-corrected chi connectivity index (χ2v) is 5.62. The number of carbonyl (C=O) groups is 2. The van der Waals surface area contributed by atoms with Gasteiger partial charge >= 0.3 is 12.1 Å². The fourth-order valence-corrected chi connectivity index (χ4v) is 2.29. The Bertz CT molecular complexity index is 743. The molecule has 1 aromatic rings. The van der Waals surface area contributed by atoms with Crippen molar-refractivity contribution >= 4 is 18.0 Å². The van der Waals surface area contributed by atoms with Crippen LogP contribution in [0.4, 0.5) is 13.2 Å². The molecule has 0 spiro atoms. The Morgan fingerprint density at radius 1 is 1.38 bits per heavy atom. The van der Waals surface area contributed by atoms with Crippen molar-refractivity contribution in [1.29, 1.82) is 5.26 Å². The van der Waals surface area contributed by atoms with Crippen LogP contribution in [0.5, 0.6) is 0 Å². The molecule has 0 bridgehead atoms. The lowest BCUT2D eigenvalue weighted by Crippen LogP contribution is -2.36. The second-order valence-electron chi connectivity index (χ2n) is 5.62. The normalized spacial score (nSPS) is 11.8. The van der Waals surface area contributed by atoms with Gasteiger partial charge in [-0.1, -0.05) is 6.92 Å². The molecule has 1 rings (SSSR count). The summed E-state index contributed by atoms with van der Waals surface area (Å²) in [5, 5.41) is 10.7. The largest absolute Gasteiger partial charge is 0.451 e. The molecule has 0 fully saturated rings. The Morgan fingerprint density at radius 2 is 2.04 bits per heavy atom. The lowest BCUT2D eigenvalue weighted by Gasteiger charge is -2.08. The summed E-state index contributed by atoms with van der Waals surface area (Å²) in [7, 11) is 0. The van der Waals surface area contributed by atoms with Crippen molar-refractivity contribution in [2.24, 2.45) is 0 Å². The Morgan fingerprint density at radius 3 is 2.58 bits per heavy atom. The second kappa shape index (κ2) is 9.08. The van der Waals surface area contributed by atoms with E-state index >= 15 is 0 Å². The van der Waals surface area contributed by atoms with Gasteiger partial charge in [0.2, 0.25) is 0 Å². The highest BCUT2D eigenvalue weighted by Gasteiger charge is 2.28. The molecule has 142 valence electrons. The summed E-state index contributed by atoms with van der Waals surface area (Å²) in [6, 6.07) is 3.50. The predicted octanol–water partition coefficient (Wildman–Crippen LogP) is 2.64. The molecule has 0 atom stereocenters. The smallest absolute Gasteiger partial charge is 0.405 e. The molecule has 1 N–H and O–H groups in total. The van der Waals surface area contributed by atoms with Crippen LogP contribution in [0.15, 0.2) is 11.6 Å². The molecule has 0 saturated heterocycles. The van der Waals surface area contributed by atoms with E-state index in [-0.39, 0.29) is 5.57 Å². The van der Waals surface area contributed by atoms with Crippen LogP contribution in [-0.2, 0) is 20.9 Å². The van der Waals surface area contributed by atoms with Gasteiger partial charge in [0.25, 0.3) is 5.91 Å². The molecule has 0 unspecified atom stereocenters. The number of nitrogens with zero attached hydrogens (tertiary/aromatic N) is 2. The zero-order chi connectivity index (χ0) is 19.9. The van der Waals surface area contributed by atoms with Gasteiger partial charge in [-0.15, -0.1) is 0 Å². The lowest BCUT2D eigenvalue weighted by atomic mass is 10.1. The first-order valence-corrected chi connectivity index (χ1v) is 7.88. The molecule has 0 aliphatic carbocycles. The average molecular weight is 371 g/mol. The molecule has 1 amide bonds. The number of amides is 1. The molecular weight excluding hydrogens is 351 g/mol. The molecule has 0 saturated carbocycles. The third kappa shape index (κ3) is 6.27. The number of carbonyl (C=O) groups excluding carboxylic acids is 2. The Kier molecular flexibility index (Phi) is 7.43. The van der Waals surface area contributed by atoms with E-state index in [4.69, 9.17) is 5.26 Å². The quantitative estimate of drug-likeness (QED) is 0.454. The van der Waals surface area contributed by atoms with Crippen molar-refractivity contribution in [3.8, 4) is 6.07 Å². The van der Waals surface area contributed by atoms with Crippen LogP contribution in [0.25, 0.3) is 6.08 Å². The van der Waals surface area contributed by atoms with Crippen LogP contribution in [0.1, 0.15) is 30.3 Å². The number of rotatable bonds is 7. The number of esters is 1. The third-order valence-electron chi connectivity index (χ3n) is 3.52. The fourth-order valence-electron chi connectivity index (χ4n) is 2.29. The topological polar surface area (TPSA) is 84.1 Å². The van der Waals surface area contributed by atoms with Gasteiger partial charge in [-0.25, -0.2) is 4.79 Å². The highest BCUT2D eigenvalue weighted by atomic mass is 19.4. The van der Waals surface area contributed by atoms with Crippen LogP contribution < -0.4 is 5.32 Å². The van der Waals surface area contributed by atoms with Gasteiger partial charge in [0.05, 0.1) is 0 Å². The minimum Gasteiger partial charge on any atom is -0.451 e. The molecule has 6 nitrogen and oxygen atoms in total. The number of ether oxygens (including phenoxy) is 1. The summed E-state index contributed by atoms with van der Waals surface area (Å²) in [5.41, 5.74) is 2.15. The average Bonchev–Trinajstić information content (AvgIpc) is 2.82. The maximum absolute atomic E-state index is 12.0. The van der Waals surface area contributed by atoms with E-state index in [1.807, 2.05) is 31.4 Å². The van der Waals surface area contributed by atoms with Gasteiger partial charge in [0.15, 0.2) is 6.61 Å². The summed E-state index contributed by atoms with van der Waals surface area (Å²) in [5.74, 6) is -2.18. The third-order valence-corrected chi connectivity index (χ3v) is 3.52. The summed E-state index contributed by atoms with van der Waals surface area (Å²) in [6.45, 7) is 4.14. The van der Waals surface area contributed by atoms with Gasteiger partial charge in [0, 0.05) is 17.9 Å². The van der Waals surface area contributed by atoms with E-state index in [0.29, 0.717) is 5.56 Å². The van der Waals surface area contributed by atoms with E-state index in [0.717, 1.165) is 24.4 Å². The number of halogens is 3. The van der Waals surface area contributed by atoms with Crippen molar-refractivity contribution in [1.82, 2.24) is 9.88 Å². The maximum atomic E-state index is 12.0. The van der Waals surface area contributed by atoms with Crippen LogP contribution in [-0.4, -0.2) is 35.8 Å². The van der Waals surface area contributed by atoms with E-state index in [1.165, 1.54) is 6.08 Å². The first kappa shape index (κ1) is 21.3. The molecule has 9 heteroatoms. The lowest BCUT2D eigenvalue weighted by molar-refractivity contribution is -0.148. The van der Waals surface area contributed by atoms with Crippen LogP contribution >= 0.6 is 0 Å². The predicted molar refractivity (Wildman–Crippen MR) is 87.8 cm³/mol. The van der Waals surface area contributed by atoms with Gasteiger partial charge in [-0.05, 0) is 38.0 Å². The van der Waals surface area contributed by atoms with E-state index in [1.54, 1.807) is 11.4 Å². The molecule has 1 heterocycles. The Hall–Kier alpha value is -2.76. The van der Waals surface area contributed by atoms with Crippen LogP contribution in [0.3, 0.4) is 0 Å². The molecule has 0 aliphatic rings. The van der Waals surface area contributed by atoms with Gasteiger partial charge < -0.3 is 14.6 Å². The minimum absolute atomic E-state index is 0.342. The minimum atomic E-state index is -4.56. The molecule has 1 aromatic heterocycles. The number of alkyl halides is 3. The summed E-state index contributed by atoms with van der Waals surface area (Å²) >= 11 is 0. The van der Waals surface area contributed by atoms with Crippen LogP contribution in [0, 0.1) is 25.2 Å². The van der Waals surface area contributed by atoms with Gasteiger partial charge in [-0.2, -0.15) is 18.4 Å². The van der Waals surface area contributed by atoms with E-state index in [2.05, 4.69) is 4.74 Å². The van der Waals surface area contributed by atoms with E-state index < -0.39 is 31.2 Å². The summed E-state index contributed by atoms with van der Waals surface area (Å²) in [6.07, 6.45) is -2.30. The Labute approximate surface area is 149 Å². The zero-order valence-corrected chi connectivity index (χ0v) is 14.7. The van der Waals surface area contributed by atoms with Crippen molar-refractivity contribution < 1.29 is 27.5 Å². The van der Waals surface area contributed by atoms with Gasteiger partial charge in [-0.3, -0.25) is 4.79 Å². The number of hydrogen-bond acceptors (Lipinski definition) is 4. The van der Waals surface area contributed by atoms with Crippen molar-refractivity contribution in [2.45, 2.75) is 39.9 Å². The number of aromatic nitrogens is 1. The van der Waals surface area contributed by atoms with Crippen molar-refractivity contribution in [2.75, 3.05) is 13.2 Å². The molecule has 0 aromatic carbocycles. The van der Waals surface area contributed by atoms with Gasteiger partial charge in [0.1, 0.15) is 18.2 Å². The SMILES string of the molecule is CCCn1c(C)cc(C=C(C#N)C(=O)OCC(=O)NCC(F)(F)F)c1C. The van der Waals surface area contributed by atoms with Crippen molar-refractivity contribution in [3.05, 3.63) is 28.6 Å². The van der Waals surface area contributed by atoms with Crippen LogP contribution in [0.2, 0.25) is 0 Å². The molecule has 0 aliphatic heterocycles. The highest BCUT2D eigenvalue weighted by Crippen LogP contribution is 2.19.